The molecule has 1 N–H and O–H groups in total. The molecular formula is C17H11N3O2. The quantitative estimate of drug-likeness (QED) is 0.432. The van der Waals surface area contributed by atoms with Gasteiger partial charge in [-0.05, 0) is 12.1 Å². The van der Waals surface area contributed by atoms with E-state index in [1.165, 1.54) is 0 Å². The third kappa shape index (κ3) is 1.62. The van der Waals surface area contributed by atoms with Gasteiger partial charge in [0.2, 0.25) is 5.78 Å². The van der Waals surface area contributed by atoms with Gasteiger partial charge < -0.3 is 5.21 Å². The standard InChI is InChI=1S/C17H11N3O2/c21-17-13-9-5-4-8-12(13)14(19-22)15-16(17)20(10-18-15)11-6-2-1-3-7-11/h1-10,22H/b19-14+. The first kappa shape index (κ1) is 12.5. The first-order valence-electron chi connectivity index (χ1n) is 6.80. The average molecular weight is 289 g/mol. The van der Waals surface area contributed by atoms with Crippen molar-refractivity contribution in [2.45, 2.75) is 0 Å². The number of para-hydroxylation sites is 1. The fourth-order valence-corrected chi connectivity index (χ4v) is 2.77. The largest absolute Gasteiger partial charge is 0.410 e. The van der Waals surface area contributed by atoms with Crippen molar-refractivity contribution in [3.05, 3.63) is 83.4 Å². The maximum absolute atomic E-state index is 12.8. The van der Waals surface area contributed by atoms with E-state index in [1.54, 1.807) is 35.2 Å². The summed E-state index contributed by atoms with van der Waals surface area (Å²) in [6.07, 6.45) is 1.58. The summed E-state index contributed by atoms with van der Waals surface area (Å²) >= 11 is 0. The van der Waals surface area contributed by atoms with Gasteiger partial charge in [-0.25, -0.2) is 4.98 Å². The topological polar surface area (TPSA) is 67.5 Å². The van der Waals surface area contributed by atoms with E-state index in [1.807, 2.05) is 30.3 Å². The lowest BCUT2D eigenvalue weighted by Crippen LogP contribution is -2.23. The molecule has 22 heavy (non-hydrogen) atoms. The summed E-state index contributed by atoms with van der Waals surface area (Å²) < 4.78 is 1.72. The van der Waals surface area contributed by atoms with Gasteiger partial charge in [0, 0.05) is 16.8 Å². The lowest BCUT2D eigenvalue weighted by atomic mass is 9.89. The predicted molar refractivity (Wildman–Crippen MR) is 80.9 cm³/mol. The maximum Gasteiger partial charge on any atom is 0.212 e. The van der Waals surface area contributed by atoms with Gasteiger partial charge in [-0.3, -0.25) is 9.36 Å². The van der Waals surface area contributed by atoms with Crippen molar-refractivity contribution in [3.8, 4) is 5.69 Å². The number of nitrogens with zero attached hydrogens (tertiary/aromatic N) is 3. The molecule has 1 aromatic heterocycles. The number of rotatable bonds is 1. The minimum Gasteiger partial charge on any atom is -0.410 e. The number of carbonyl (C=O) groups is 1. The minimum absolute atomic E-state index is 0.126. The molecule has 0 unspecified atom stereocenters. The van der Waals surface area contributed by atoms with Crippen LogP contribution in [0.25, 0.3) is 5.69 Å². The molecule has 2 aromatic carbocycles. The van der Waals surface area contributed by atoms with Crippen molar-refractivity contribution in [2.75, 3.05) is 0 Å². The average Bonchev–Trinajstić information content (AvgIpc) is 3.01. The zero-order valence-corrected chi connectivity index (χ0v) is 11.5. The normalized spacial score (nSPS) is 14.7. The van der Waals surface area contributed by atoms with Crippen molar-refractivity contribution in [3.63, 3.8) is 0 Å². The SMILES string of the molecule is O=C1c2ccccc2/C(=N\O)c2ncn(-c3ccccc3)c21. The van der Waals surface area contributed by atoms with Crippen LogP contribution in [-0.2, 0) is 0 Å². The van der Waals surface area contributed by atoms with E-state index in [4.69, 9.17) is 0 Å². The molecule has 0 aliphatic heterocycles. The maximum atomic E-state index is 12.8. The van der Waals surface area contributed by atoms with Gasteiger partial charge in [0.1, 0.15) is 23.4 Å². The third-order valence-corrected chi connectivity index (χ3v) is 3.77. The molecule has 1 aliphatic rings. The summed E-state index contributed by atoms with van der Waals surface area (Å²) in [7, 11) is 0. The van der Waals surface area contributed by atoms with Crippen LogP contribution in [0.5, 0.6) is 0 Å². The molecule has 5 heteroatoms. The molecule has 5 nitrogen and oxygen atoms in total. The van der Waals surface area contributed by atoms with Gasteiger partial charge in [0.25, 0.3) is 0 Å². The Hall–Kier alpha value is -3.21. The van der Waals surface area contributed by atoms with Crippen molar-refractivity contribution in [1.29, 1.82) is 0 Å². The Bertz CT molecular complexity index is 911. The summed E-state index contributed by atoms with van der Waals surface area (Å²) in [5, 5.41) is 12.7. The molecule has 0 atom stereocenters. The number of ketones is 1. The van der Waals surface area contributed by atoms with Crippen molar-refractivity contribution in [1.82, 2.24) is 9.55 Å². The van der Waals surface area contributed by atoms with E-state index >= 15 is 0 Å². The number of fused-ring (bicyclic) bond motifs is 2. The van der Waals surface area contributed by atoms with Crippen LogP contribution in [-0.4, -0.2) is 26.3 Å². The Morgan fingerprint density at radius 3 is 2.36 bits per heavy atom. The second-order valence-corrected chi connectivity index (χ2v) is 4.97. The first-order chi connectivity index (χ1) is 10.8. The van der Waals surface area contributed by atoms with Crippen molar-refractivity contribution < 1.29 is 10.0 Å². The molecule has 1 aliphatic carbocycles. The van der Waals surface area contributed by atoms with Crippen LogP contribution in [0, 0.1) is 0 Å². The monoisotopic (exact) mass is 289 g/mol. The second-order valence-electron chi connectivity index (χ2n) is 4.97. The van der Waals surface area contributed by atoms with Crippen LogP contribution in [0.15, 0.2) is 66.1 Å². The van der Waals surface area contributed by atoms with Crippen molar-refractivity contribution in [2.24, 2.45) is 5.16 Å². The van der Waals surface area contributed by atoms with E-state index in [0.717, 1.165) is 5.69 Å². The highest BCUT2D eigenvalue weighted by atomic mass is 16.4. The van der Waals surface area contributed by atoms with Gasteiger partial charge in [0.15, 0.2) is 0 Å². The zero-order chi connectivity index (χ0) is 15.1. The minimum atomic E-state index is -0.126. The fraction of sp³-hybridized carbons (Fsp3) is 0. The van der Waals surface area contributed by atoms with Gasteiger partial charge in [-0.2, -0.15) is 0 Å². The predicted octanol–water partition coefficient (Wildman–Crippen LogP) is 2.64. The van der Waals surface area contributed by atoms with Gasteiger partial charge >= 0.3 is 0 Å². The van der Waals surface area contributed by atoms with Crippen molar-refractivity contribution >= 4 is 11.5 Å². The molecule has 0 fully saturated rings. The van der Waals surface area contributed by atoms with E-state index in [2.05, 4.69) is 10.1 Å². The summed E-state index contributed by atoms with van der Waals surface area (Å²) in [4.78, 5) is 17.1. The number of aromatic nitrogens is 2. The first-order valence-corrected chi connectivity index (χ1v) is 6.80. The van der Waals surface area contributed by atoms with Crippen LogP contribution in [0.3, 0.4) is 0 Å². The molecule has 0 saturated heterocycles. The molecule has 1 heterocycles. The number of carbonyl (C=O) groups excluding carboxylic acids is 1. The molecule has 0 amide bonds. The molecule has 3 aromatic rings. The third-order valence-electron chi connectivity index (χ3n) is 3.77. The number of imidazole rings is 1. The zero-order valence-electron chi connectivity index (χ0n) is 11.5. The number of oxime groups is 1. The summed E-state index contributed by atoms with van der Waals surface area (Å²) in [5.41, 5.74) is 3.08. The van der Waals surface area contributed by atoms with E-state index < -0.39 is 0 Å². The molecule has 0 spiro atoms. The molecule has 0 saturated carbocycles. The van der Waals surface area contributed by atoms with Gasteiger partial charge in [-0.15, -0.1) is 0 Å². The van der Waals surface area contributed by atoms with E-state index in [0.29, 0.717) is 28.2 Å². The second kappa shape index (κ2) is 4.66. The fourth-order valence-electron chi connectivity index (χ4n) is 2.77. The smallest absolute Gasteiger partial charge is 0.212 e. The number of hydrogen-bond acceptors (Lipinski definition) is 4. The Balaban J connectivity index is 2.00. The molecule has 0 bridgehead atoms. The highest BCUT2D eigenvalue weighted by Gasteiger charge is 2.33. The molecule has 0 radical (unpaired) electrons. The Kier molecular flexibility index (Phi) is 2.66. The van der Waals surface area contributed by atoms with Crippen LogP contribution in [0.4, 0.5) is 0 Å². The lowest BCUT2D eigenvalue weighted by Gasteiger charge is -2.17. The summed E-state index contributed by atoms with van der Waals surface area (Å²) in [5.74, 6) is -0.126. The van der Waals surface area contributed by atoms with E-state index in [-0.39, 0.29) is 5.78 Å². The Labute approximate surface area is 126 Å². The van der Waals surface area contributed by atoms with Crippen LogP contribution in [0.2, 0.25) is 0 Å². The highest BCUT2D eigenvalue weighted by molar-refractivity contribution is 6.28. The molecule has 4 rings (SSSR count). The van der Waals surface area contributed by atoms with Gasteiger partial charge in [-0.1, -0.05) is 47.6 Å². The highest BCUT2D eigenvalue weighted by Crippen LogP contribution is 2.28. The Morgan fingerprint density at radius 2 is 1.64 bits per heavy atom. The lowest BCUT2D eigenvalue weighted by molar-refractivity contribution is 0.103. The van der Waals surface area contributed by atoms with Crippen LogP contribution < -0.4 is 0 Å². The number of hydrogen-bond donors (Lipinski definition) is 1. The summed E-state index contributed by atoms with van der Waals surface area (Å²) in [6, 6.07) is 16.6. The molecular weight excluding hydrogens is 278 g/mol. The Morgan fingerprint density at radius 1 is 0.955 bits per heavy atom. The van der Waals surface area contributed by atoms with Crippen LogP contribution in [0.1, 0.15) is 27.3 Å². The number of benzene rings is 2. The van der Waals surface area contributed by atoms with Gasteiger partial charge in [0.05, 0.1) is 0 Å². The molecule has 106 valence electrons. The summed E-state index contributed by atoms with van der Waals surface area (Å²) in [6.45, 7) is 0. The van der Waals surface area contributed by atoms with Crippen LogP contribution >= 0.6 is 0 Å². The van der Waals surface area contributed by atoms with E-state index in [9.17, 15) is 10.0 Å².